The lowest BCUT2D eigenvalue weighted by atomic mass is 10.2. The molecule has 114 valence electrons. The minimum atomic E-state index is -3.68. The van der Waals surface area contributed by atoms with Crippen molar-refractivity contribution in [3.63, 3.8) is 0 Å². The second-order valence-electron chi connectivity index (χ2n) is 4.59. The summed E-state index contributed by atoms with van der Waals surface area (Å²) in [6.07, 6.45) is 2.54. The van der Waals surface area contributed by atoms with Crippen molar-refractivity contribution in [2.24, 2.45) is 5.73 Å². The Morgan fingerprint density at radius 2 is 1.60 bits per heavy atom. The molecule has 3 N–H and O–H groups in total. The van der Waals surface area contributed by atoms with E-state index in [1.54, 1.807) is 0 Å². The van der Waals surface area contributed by atoms with Crippen LogP contribution >= 0.6 is 0 Å². The van der Waals surface area contributed by atoms with E-state index in [4.69, 9.17) is 5.73 Å². The minimum Gasteiger partial charge on any atom is -0.329 e. The van der Waals surface area contributed by atoms with Crippen LogP contribution in [0.5, 0.6) is 0 Å². The topological polar surface area (TPSA) is 106 Å². The zero-order valence-electron chi connectivity index (χ0n) is 11.5. The van der Waals surface area contributed by atoms with Gasteiger partial charge in [-0.25, -0.2) is 21.6 Å². The van der Waals surface area contributed by atoms with Crippen LogP contribution in [0.1, 0.15) is 19.8 Å². The number of rotatable bonds is 7. The third kappa shape index (κ3) is 4.55. The van der Waals surface area contributed by atoms with Gasteiger partial charge in [-0.05, 0) is 30.7 Å². The molecule has 1 atom stereocenters. The molecule has 0 radical (unpaired) electrons. The Morgan fingerprint density at radius 1 is 1.10 bits per heavy atom. The van der Waals surface area contributed by atoms with Crippen LogP contribution in [0.15, 0.2) is 34.1 Å². The summed E-state index contributed by atoms with van der Waals surface area (Å²) >= 11 is 0. The predicted octanol–water partition coefficient (Wildman–Crippen LogP) is 0.496. The monoisotopic (exact) mass is 320 g/mol. The van der Waals surface area contributed by atoms with E-state index in [9.17, 15) is 16.8 Å². The molecule has 0 amide bonds. The van der Waals surface area contributed by atoms with Crippen molar-refractivity contribution in [2.75, 3.05) is 12.8 Å². The highest BCUT2D eigenvalue weighted by Crippen LogP contribution is 2.15. The maximum absolute atomic E-state index is 12.1. The van der Waals surface area contributed by atoms with E-state index in [1.165, 1.54) is 24.3 Å². The molecule has 0 aliphatic rings. The fraction of sp³-hybridized carbons (Fsp3) is 0.500. The van der Waals surface area contributed by atoms with E-state index in [0.29, 0.717) is 6.42 Å². The largest absolute Gasteiger partial charge is 0.329 e. The van der Waals surface area contributed by atoms with Gasteiger partial charge in [0, 0.05) is 18.8 Å². The van der Waals surface area contributed by atoms with Crippen molar-refractivity contribution in [1.82, 2.24) is 4.72 Å². The molecule has 0 heterocycles. The fourth-order valence-corrected chi connectivity index (χ4v) is 3.64. The molecule has 0 aromatic heterocycles. The molecule has 8 heteroatoms. The zero-order valence-corrected chi connectivity index (χ0v) is 13.2. The van der Waals surface area contributed by atoms with E-state index in [-0.39, 0.29) is 22.4 Å². The molecule has 1 rings (SSSR count). The van der Waals surface area contributed by atoms with Crippen LogP contribution in [0.3, 0.4) is 0 Å². The number of nitrogens with one attached hydrogen (secondary N) is 1. The number of hydrogen-bond acceptors (Lipinski definition) is 5. The van der Waals surface area contributed by atoms with Gasteiger partial charge in [0.2, 0.25) is 10.0 Å². The van der Waals surface area contributed by atoms with Crippen molar-refractivity contribution >= 4 is 19.9 Å². The van der Waals surface area contributed by atoms with Crippen LogP contribution in [0.4, 0.5) is 0 Å². The zero-order chi connectivity index (χ0) is 15.4. The lowest BCUT2D eigenvalue weighted by Gasteiger charge is -2.16. The van der Waals surface area contributed by atoms with Gasteiger partial charge < -0.3 is 5.73 Å². The lowest BCUT2D eigenvalue weighted by molar-refractivity contribution is 0.527. The molecule has 0 aliphatic carbocycles. The fourth-order valence-electron chi connectivity index (χ4n) is 1.73. The second kappa shape index (κ2) is 6.66. The lowest BCUT2D eigenvalue weighted by Crippen LogP contribution is -2.39. The Kier molecular flexibility index (Phi) is 5.69. The van der Waals surface area contributed by atoms with Gasteiger partial charge in [0.1, 0.15) is 0 Å². The maximum Gasteiger partial charge on any atom is 0.240 e. The van der Waals surface area contributed by atoms with Gasteiger partial charge in [0.15, 0.2) is 9.84 Å². The highest BCUT2D eigenvalue weighted by molar-refractivity contribution is 7.90. The summed E-state index contributed by atoms with van der Waals surface area (Å²) in [6.45, 7) is 2.16. The normalized spacial score (nSPS) is 14.2. The molecule has 0 saturated carbocycles. The van der Waals surface area contributed by atoms with Crippen LogP contribution < -0.4 is 10.5 Å². The molecule has 1 aromatic rings. The van der Waals surface area contributed by atoms with Crippen molar-refractivity contribution in [3.8, 4) is 0 Å². The van der Waals surface area contributed by atoms with Crippen LogP contribution in [-0.2, 0) is 19.9 Å². The molecule has 6 nitrogen and oxygen atoms in total. The predicted molar refractivity (Wildman–Crippen MR) is 77.6 cm³/mol. The Hall–Kier alpha value is -0.960. The molecule has 0 bridgehead atoms. The molecule has 1 aromatic carbocycles. The van der Waals surface area contributed by atoms with E-state index >= 15 is 0 Å². The molecular formula is C12H20N2O4S2. The summed E-state index contributed by atoms with van der Waals surface area (Å²) in [6, 6.07) is 4.79. The van der Waals surface area contributed by atoms with Crippen LogP contribution in [0.25, 0.3) is 0 Å². The molecule has 0 spiro atoms. The Balaban J connectivity index is 2.99. The van der Waals surface area contributed by atoms with Crippen LogP contribution in [0.2, 0.25) is 0 Å². The third-order valence-corrected chi connectivity index (χ3v) is 5.47. The number of hydrogen-bond donors (Lipinski definition) is 2. The van der Waals surface area contributed by atoms with E-state index in [1.807, 2.05) is 6.92 Å². The molecule has 0 fully saturated rings. The first-order chi connectivity index (χ1) is 9.20. The number of sulfonamides is 1. The van der Waals surface area contributed by atoms with Gasteiger partial charge >= 0.3 is 0 Å². The second-order valence-corrected chi connectivity index (χ2v) is 8.32. The van der Waals surface area contributed by atoms with Gasteiger partial charge in [-0.15, -0.1) is 0 Å². The van der Waals surface area contributed by atoms with Gasteiger partial charge in [0.25, 0.3) is 0 Å². The number of benzene rings is 1. The van der Waals surface area contributed by atoms with Gasteiger partial charge in [-0.2, -0.15) is 0 Å². The van der Waals surface area contributed by atoms with Gasteiger partial charge in [-0.3, -0.25) is 0 Å². The molecule has 20 heavy (non-hydrogen) atoms. The van der Waals surface area contributed by atoms with Crippen molar-refractivity contribution < 1.29 is 16.8 Å². The number of nitrogens with two attached hydrogens (primary N) is 1. The van der Waals surface area contributed by atoms with Crippen LogP contribution in [0, 0.1) is 0 Å². The van der Waals surface area contributed by atoms with Gasteiger partial charge in [-0.1, -0.05) is 13.3 Å². The highest BCUT2D eigenvalue weighted by Gasteiger charge is 2.19. The first-order valence-corrected chi connectivity index (χ1v) is 9.60. The standard InChI is InChI=1S/C12H20N2O4S2/c1-3-4-10(9-13)14-20(17,18)12-7-5-11(6-8-12)19(2,15)16/h5-8,10,14H,3-4,9,13H2,1-2H3. The SMILES string of the molecule is CCCC(CN)NS(=O)(=O)c1ccc(S(C)(=O)=O)cc1. The van der Waals surface area contributed by atoms with Crippen molar-refractivity contribution in [2.45, 2.75) is 35.6 Å². The van der Waals surface area contributed by atoms with E-state index in [2.05, 4.69) is 4.72 Å². The minimum absolute atomic E-state index is 0.0273. The summed E-state index contributed by atoms with van der Waals surface area (Å²) in [4.78, 5) is 0.111. The molecular weight excluding hydrogens is 300 g/mol. The maximum atomic E-state index is 12.1. The molecule has 0 saturated heterocycles. The van der Waals surface area contributed by atoms with E-state index in [0.717, 1.165) is 12.7 Å². The Bertz CT molecular complexity index is 637. The quantitative estimate of drug-likeness (QED) is 0.760. The highest BCUT2D eigenvalue weighted by atomic mass is 32.2. The van der Waals surface area contributed by atoms with Gasteiger partial charge in [0.05, 0.1) is 9.79 Å². The van der Waals surface area contributed by atoms with Crippen molar-refractivity contribution in [3.05, 3.63) is 24.3 Å². The summed E-state index contributed by atoms with van der Waals surface area (Å²) in [5.41, 5.74) is 5.52. The van der Waals surface area contributed by atoms with Crippen LogP contribution in [-0.4, -0.2) is 35.7 Å². The Morgan fingerprint density at radius 3 is 2.00 bits per heavy atom. The third-order valence-electron chi connectivity index (χ3n) is 2.81. The average Bonchev–Trinajstić information content (AvgIpc) is 2.37. The Labute approximate surface area is 120 Å². The average molecular weight is 320 g/mol. The smallest absolute Gasteiger partial charge is 0.240 e. The van der Waals surface area contributed by atoms with E-state index < -0.39 is 19.9 Å². The summed E-state index contributed by atoms with van der Waals surface area (Å²) in [5, 5.41) is 0. The summed E-state index contributed by atoms with van der Waals surface area (Å²) in [7, 11) is -7.02. The number of sulfone groups is 1. The van der Waals surface area contributed by atoms with Crippen molar-refractivity contribution in [1.29, 1.82) is 0 Å². The first kappa shape index (κ1) is 17.1. The summed E-state index contributed by atoms with van der Waals surface area (Å²) in [5.74, 6) is 0. The summed E-state index contributed by atoms with van der Waals surface area (Å²) < 4.78 is 49.4. The first-order valence-electron chi connectivity index (χ1n) is 6.23. The molecule has 1 unspecified atom stereocenters. The molecule has 0 aliphatic heterocycles.